The second-order valence-corrected chi connectivity index (χ2v) is 18.2. The van der Waals surface area contributed by atoms with Crippen molar-refractivity contribution in [2.45, 2.75) is 111 Å². The molecule has 0 aliphatic carbocycles. The Bertz CT molecular complexity index is 1920. The Balaban J connectivity index is 1.50. The van der Waals surface area contributed by atoms with Gasteiger partial charge in [0.15, 0.2) is 5.60 Å². The normalized spacial score (nSPS) is 19.2. The summed E-state index contributed by atoms with van der Waals surface area (Å²) in [5, 5.41) is 37.3. The summed E-state index contributed by atoms with van der Waals surface area (Å²) in [7, 11) is 0. The zero-order valence-electron chi connectivity index (χ0n) is 35.3. The van der Waals surface area contributed by atoms with Gasteiger partial charge in [-0.25, -0.2) is 5.48 Å². The van der Waals surface area contributed by atoms with E-state index in [1.165, 1.54) is 5.48 Å². The molecule has 1 saturated heterocycles. The topological polar surface area (TPSA) is 233 Å². The van der Waals surface area contributed by atoms with Crippen molar-refractivity contribution in [1.82, 2.24) is 26.3 Å². The van der Waals surface area contributed by atoms with Gasteiger partial charge in [-0.1, -0.05) is 58.5 Å². The third kappa shape index (κ3) is 11.5. The van der Waals surface area contributed by atoms with Crippen molar-refractivity contribution in [3.63, 3.8) is 0 Å². The van der Waals surface area contributed by atoms with Gasteiger partial charge in [0.25, 0.3) is 17.1 Å². The lowest BCUT2D eigenvalue weighted by Crippen LogP contribution is -2.58. The van der Waals surface area contributed by atoms with Gasteiger partial charge in [-0.15, -0.1) is 0 Å². The highest BCUT2D eigenvalue weighted by Crippen LogP contribution is 2.43. The Morgan fingerprint density at radius 3 is 2.25 bits per heavy atom. The Kier molecular flexibility index (Phi) is 15.4. The number of thioether (sulfide) groups is 1. The van der Waals surface area contributed by atoms with E-state index >= 15 is 0 Å². The first-order valence-electron chi connectivity index (χ1n) is 19.8. The van der Waals surface area contributed by atoms with Gasteiger partial charge in [0.1, 0.15) is 36.0 Å². The molecule has 0 aromatic heterocycles. The Morgan fingerprint density at radius 1 is 1.02 bits per heavy atom. The smallest absolute Gasteiger partial charge is 0.286 e. The van der Waals surface area contributed by atoms with E-state index in [2.05, 4.69) is 16.0 Å². The van der Waals surface area contributed by atoms with E-state index in [4.69, 9.17) is 14.7 Å². The lowest BCUT2D eigenvalue weighted by molar-refractivity contribution is -0.149. The second kappa shape index (κ2) is 19.5. The average Bonchev–Trinajstić information content (AvgIpc) is 3.50. The van der Waals surface area contributed by atoms with E-state index in [9.17, 15) is 39.0 Å². The van der Waals surface area contributed by atoms with Crippen molar-refractivity contribution < 1.29 is 53.7 Å². The summed E-state index contributed by atoms with van der Waals surface area (Å²) in [4.78, 5) is 78.9. The van der Waals surface area contributed by atoms with Crippen LogP contribution >= 0.6 is 11.8 Å². The maximum Gasteiger partial charge on any atom is 0.286 e. The highest BCUT2D eigenvalue weighted by atomic mass is 32.2. The molecule has 0 radical (unpaired) electrons. The fourth-order valence-corrected chi connectivity index (χ4v) is 8.12. The highest BCUT2D eigenvalue weighted by molar-refractivity contribution is 8.15. The van der Waals surface area contributed by atoms with Gasteiger partial charge in [-0.2, -0.15) is 0 Å². The van der Waals surface area contributed by atoms with Crippen LogP contribution in [-0.2, 0) is 36.8 Å². The van der Waals surface area contributed by atoms with E-state index in [0.717, 1.165) is 28.5 Å². The van der Waals surface area contributed by atoms with Crippen molar-refractivity contribution in [1.29, 1.82) is 0 Å². The first-order chi connectivity index (χ1) is 27.6. The number of hydroxylamine groups is 1. The van der Waals surface area contributed by atoms with Gasteiger partial charge < -0.3 is 35.2 Å². The number of benzene rings is 2. The number of nitrogens with one attached hydrogen (secondary N) is 4. The molecule has 1 fully saturated rings. The summed E-state index contributed by atoms with van der Waals surface area (Å²) in [5.74, 6) is -3.16. The van der Waals surface area contributed by atoms with Crippen LogP contribution in [-0.4, -0.2) is 104 Å². The number of aliphatic hydroxyl groups is 1. The van der Waals surface area contributed by atoms with Crippen LogP contribution in [0, 0.1) is 38.0 Å². The minimum Gasteiger partial charge on any atom is -0.507 e. The van der Waals surface area contributed by atoms with Crippen LogP contribution < -0.4 is 30.9 Å². The molecule has 2 aromatic carbocycles. The monoisotopic (exact) mass is 841 g/mol. The molecule has 0 bridgehead atoms. The van der Waals surface area contributed by atoms with Crippen LogP contribution in [0.4, 0.5) is 4.79 Å². The Labute approximate surface area is 349 Å². The van der Waals surface area contributed by atoms with Crippen molar-refractivity contribution in [2.75, 3.05) is 26.2 Å². The van der Waals surface area contributed by atoms with Gasteiger partial charge in [0.05, 0.1) is 17.7 Å². The first kappa shape index (κ1) is 46.8. The zero-order valence-corrected chi connectivity index (χ0v) is 36.1. The van der Waals surface area contributed by atoms with E-state index in [1.54, 1.807) is 63.8 Å². The number of phenolic OH excluding ortho intramolecular Hbond substituents is 1. The van der Waals surface area contributed by atoms with Crippen LogP contribution in [0.5, 0.6) is 17.2 Å². The van der Waals surface area contributed by atoms with Crippen LogP contribution in [0.1, 0.15) is 82.2 Å². The molecule has 0 spiro atoms. The van der Waals surface area contributed by atoms with Crippen LogP contribution in [0.2, 0.25) is 0 Å². The van der Waals surface area contributed by atoms with Gasteiger partial charge in [0, 0.05) is 25.1 Å². The summed E-state index contributed by atoms with van der Waals surface area (Å²) < 4.78 is 12.5. The molecule has 17 heteroatoms. The third-order valence-corrected chi connectivity index (χ3v) is 11.9. The lowest BCUT2D eigenvalue weighted by atomic mass is 9.84. The summed E-state index contributed by atoms with van der Waals surface area (Å²) in [6, 6.07) is 6.00. The molecular formula is C42H59N5O11S. The largest absolute Gasteiger partial charge is 0.507 e. The summed E-state index contributed by atoms with van der Waals surface area (Å²) in [6.07, 6.45) is -0.564. The number of aromatic hydroxyl groups is 1. The molecule has 2 aromatic rings. The van der Waals surface area contributed by atoms with E-state index < -0.39 is 52.1 Å². The maximum atomic E-state index is 14.5. The molecule has 59 heavy (non-hydrogen) atoms. The molecule has 6 amide bonds. The highest BCUT2D eigenvalue weighted by Gasteiger charge is 2.44. The number of carbonyl (C=O) groups excluding carboxylic acids is 6. The maximum absolute atomic E-state index is 14.5. The number of aliphatic hydroxyl groups excluding tert-OH is 1. The molecule has 16 nitrogen and oxygen atoms in total. The van der Waals surface area contributed by atoms with Gasteiger partial charge in [0.2, 0.25) is 17.7 Å². The molecule has 2 heterocycles. The quantitative estimate of drug-likeness (QED) is 0.0898. The number of imide groups is 1. The lowest BCUT2D eigenvalue weighted by Gasteiger charge is -2.40. The predicted molar refractivity (Wildman–Crippen MR) is 220 cm³/mol. The summed E-state index contributed by atoms with van der Waals surface area (Å²) in [6.45, 7) is 16.3. The van der Waals surface area contributed by atoms with Crippen LogP contribution in [0.25, 0.3) is 0 Å². The number of rotatable bonds is 17. The zero-order chi connectivity index (χ0) is 44.0. The molecule has 4 rings (SSSR count). The first-order valence-corrected chi connectivity index (χ1v) is 20.7. The molecule has 324 valence electrons. The number of phenols is 1. The van der Waals surface area contributed by atoms with Crippen molar-refractivity contribution >= 4 is 46.5 Å². The second-order valence-electron chi connectivity index (χ2n) is 17.0. The van der Waals surface area contributed by atoms with Crippen LogP contribution in [0.15, 0.2) is 24.3 Å². The van der Waals surface area contributed by atoms with Crippen molar-refractivity contribution in [2.24, 2.45) is 17.3 Å². The predicted octanol–water partition coefficient (Wildman–Crippen LogP) is 3.38. The molecular weight excluding hydrogens is 783 g/mol. The van der Waals surface area contributed by atoms with Gasteiger partial charge in [-0.3, -0.25) is 39.3 Å². The minimum atomic E-state index is -1.85. The number of nitrogens with zero attached hydrogens (tertiary/aromatic N) is 1. The van der Waals surface area contributed by atoms with Crippen molar-refractivity contribution in [3.8, 4) is 17.2 Å². The minimum absolute atomic E-state index is 0.0142. The number of hydrogen-bond acceptors (Lipinski definition) is 12. The number of fused-ring (bicyclic) bond motifs is 1. The summed E-state index contributed by atoms with van der Waals surface area (Å²) >= 11 is 0.957. The molecule has 5 atom stereocenters. The molecule has 7 N–H and O–H groups in total. The van der Waals surface area contributed by atoms with Crippen LogP contribution in [0.3, 0.4) is 0 Å². The fourth-order valence-electron chi connectivity index (χ4n) is 7.26. The summed E-state index contributed by atoms with van der Waals surface area (Å²) in [5.41, 5.74) is 3.07. The van der Waals surface area contributed by atoms with E-state index in [0.29, 0.717) is 41.9 Å². The Morgan fingerprint density at radius 2 is 1.68 bits per heavy atom. The molecule has 2 aliphatic heterocycles. The van der Waals surface area contributed by atoms with Gasteiger partial charge >= 0.3 is 0 Å². The van der Waals surface area contributed by atoms with Crippen molar-refractivity contribution in [3.05, 3.63) is 52.1 Å². The number of carbonyl (C=O) groups is 6. The third-order valence-electron chi connectivity index (χ3n) is 10.9. The fraction of sp³-hybridized carbons (Fsp3) is 0.571. The standard InChI is InChI=1S/C42H59N5O11S/c1-22(2)20-29(32(49)37(52)46-56)35(50)44-34(41(6,7)8)38(53)43-16-17-47(18-19-57-27-12-10-26(11-13-27)21-30-36(51)45-40(55)59-30)39(54)42(9)15-14-28-25(5)31(48)23(3)24(4)33(28)58-42/h10-13,22,29-30,32,34,48-49,56H,14-21H2,1-9H3,(H,43,53)(H,44,50)(H,46,52)(H,45,51,55)/t29-,30?,32+,34-,42?/m1/s1. The number of amides is 6. The van der Waals surface area contributed by atoms with Gasteiger partial charge in [-0.05, 0) is 92.7 Å². The molecule has 0 saturated carbocycles. The SMILES string of the molecule is Cc1c(C)c2c(c(C)c1O)CCC(C)(C(=O)N(CCNC(=O)[C@@H](NC(=O)[C@H](CC(C)C)[C@H](O)C(=O)NO)C(C)(C)C)CCOc1ccc(CC3SC(=O)NC3=O)cc1)O2. The Hall–Kier alpha value is -4.87. The number of ether oxygens (including phenoxy) is 2. The van der Waals surface area contributed by atoms with E-state index in [-0.39, 0.29) is 61.4 Å². The average molecular weight is 842 g/mol. The number of hydrogen-bond donors (Lipinski definition) is 7. The molecule has 2 unspecified atom stereocenters. The molecule has 2 aliphatic rings. The van der Waals surface area contributed by atoms with E-state index in [1.807, 2.05) is 27.7 Å².